The van der Waals surface area contributed by atoms with Crippen LogP contribution in [0, 0.1) is 5.82 Å². The Morgan fingerprint density at radius 1 is 0.944 bits per heavy atom. The van der Waals surface area contributed by atoms with Crippen LogP contribution in [0.25, 0.3) is 10.8 Å². The van der Waals surface area contributed by atoms with Crippen LogP contribution in [0.2, 0.25) is 0 Å². The quantitative estimate of drug-likeness (QED) is 0.148. The molecule has 1 amide bonds. The summed E-state index contributed by atoms with van der Waals surface area (Å²) in [4.78, 5) is 24.6. The Hall–Kier alpha value is -4.72. The zero-order valence-corrected chi connectivity index (χ0v) is 19.5. The van der Waals surface area contributed by atoms with Gasteiger partial charge in [-0.1, -0.05) is 36.4 Å². The summed E-state index contributed by atoms with van der Waals surface area (Å²) in [5.74, 6) is -0.841. The molecule has 8 heteroatoms. The number of nitrogens with one attached hydrogen (secondary N) is 2. The van der Waals surface area contributed by atoms with Crippen molar-refractivity contribution >= 4 is 34.6 Å². The monoisotopic (exact) mass is 485 g/mol. The van der Waals surface area contributed by atoms with Crippen LogP contribution in [0.5, 0.6) is 11.5 Å². The number of esters is 1. The van der Waals surface area contributed by atoms with Gasteiger partial charge in [0, 0.05) is 11.1 Å². The largest absolute Gasteiger partial charge is 0.490 e. The molecule has 0 atom stereocenters. The highest BCUT2D eigenvalue weighted by molar-refractivity contribution is 5.95. The molecular weight excluding hydrogens is 461 g/mol. The first-order chi connectivity index (χ1) is 17.5. The number of fused-ring (bicyclic) bond motifs is 1. The summed E-state index contributed by atoms with van der Waals surface area (Å²) < 4.78 is 24.1. The maximum Gasteiger partial charge on any atom is 0.343 e. The molecule has 0 unspecified atom stereocenters. The van der Waals surface area contributed by atoms with Crippen molar-refractivity contribution < 1.29 is 23.5 Å². The Morgan fingerprint density at radius 3 is 2.53 bits per heavy atom. The van der Waals surface area contributed by atoms with Crippen molar-refractivity contribution in [3.8, 4) is 11.5 Å². The van der Waals surface area contributed by atoms with Crippen LogP contribution in [-0.4, -0.2) is 31.2 Å². The maximum atomic E-state index is 13.1. The van der Waals surface area contributed by atoms with E-state index in [4.69, 9.17) is 9.47 Å². The predicted octanol–water partition coefficient (Wildman–Crippen LogP) is 5.16. The number of benzene rings is 4. The molecule has 0 spiro atoms. The van der Waals surface area contributed by atoms with Gasteiger partial charge in [-0.25, -0.2) is 14.6 Å². The fraction of sp³-hybridized carbons (Fsp3) is 0.107. The molecule has 0 heterocycles. The molecule has 2 N–H and O–H groups in total. The second-order valence-electron chi connectivity index (χ2n) is 7.71. The van der Waals surface area contributed by atoms with E-state index in [9.17, 15) is 14.0 Å². The van der Waals surface area contributed by atoms with Crippen LogP contribution in [0.1, 0.15) is 22.8 Å². The number of rotatable bonds is 9. The summed E-state index contributed by atoms with van der Waals surface area (Å²) in [6.07, 6.45) is 1.46. The lowest BCUT2D eigenvalue weighted by Gasteiger charge is -2.11. The zero-order chi connectivity index (χ0) is 25.3. The van der Waals surface area contributed by atoms with E-state index in [1.54, 1.807) is 25.1 Å². The Kier molecular flexibility index (Phi) is 7.87. The minimum absolute atomic E-state index is 0.0494. The smallest absolute Gasteiger partial charge is 0.343 e. The van der Waals surface area contributed by atoms with Gasteiger partial charge in [0.25, 0.3) is 5.91 Å². The molecule has 7 nitrogen and oxygen atoms in total. The highest BCUT2D eigenvalue weighted by atomic mass is 19.1. The van der Waals surface area contributed by atoms with Crippen LogP contribution >= 0.6 is 0 Å². The van der Waals surface area contributed by atoms with Crippen molar-refractivity contribution in [2.45, 2.75) is 6.92 Å². The van der Waals surface area contributed by atoms with Gasteiger partial charge >= 0.3 is 5.97 Å². The van der Waals surface area contributed by atoms with Gasteiger partial charge < -0.3 is 14.8 Å². The van der Waals surface area contributed by atoms with E-state index in [0.717, 1.165) is 16.5 Å². The number of hydrazone groups is 1. The summed E-state index contributed by atoms with van der Waals surface area (Å²) >= 11 is 0. The molecule has 0 saturated heterocycles. The number of hydrogen-bond donors (Lipinski definition) is 2. The van der Waals surface area contributed by atoms with Crippen molar-refractivity contribution in [1.82, 2.24) is 5.43 Å². The lowest BCUT2D eigenvalue weighted by molar-refractivity contribution is -0.119. The number of ether oxygens (including phenoxy) is 2. The van der Waals surface area contributed by atoms with Gasteiger partial charge in [-0.3, -0.25) is 4.79 Å². The first kappa shape index (κ1) is 24.4. The molecular formula is C28H24FN3O4. The van der Waals surface area contributed by atoms with Gasteiger partial charge in [0.15, 0.2) is 11.5 Å². The standard InChI is InChI=1S/C28H24FN3O4/c1-2-35-26-16-19(10-15-25(26)36-28(34)21-11-13-22(29)14-12-21)17-31-32-27(33)18-30-24-9-5-7-20-6-3-4-8-23(20)24/h3-17,30H,2,18H2,1H3,(H,32,33). The number of carbonyl (C=O) groups excluding carboxylic acids is 2. The van der Waals surface area contributed by atoms with Gasteiger partial charge in [0.05, 0.1) is 24.9 Å². The molecule has 0 aliphatic heterocycles. The molecule has 36 heavy (non-hydrogen) atoms. The minimum Gasteiger partial charge on any atom is -0.490 e. The highest BCUT2D eigenvalue weighted by Crippen LogP contribution is 2.29. The number of anilines is 1. The fourth-order valence-corrected chi connectivity index (χ4v) is 3.48. The number of hydrogen-bond acceptors (Lipinski definition) is 6. The Balaban J connectivity index is 1.36. The Labute approximate surface area is 207 Å². The van der Waals surface area contributed by atoms with Crippen molar-refractivity contribution in [3.63, 3.8) is 0 Å². The zero-order valence-electron chi connectivity index (χ0n) is 19.5. The van der Waals surface area contributed by atoms with Crippen molar-refractivity contribution in [3.05, 3.63) is 102 Å². The Morgan fingerprint density at radius 2 is 1.72 bits per heavy atom. The van der Waals surface area contributed by atoms with E-state index in [0.29, 0.717) is 17.9 Å². The fourth-order valence-electron chi connectivity index (χ4n) is 3.48. The molecule has 0 bridgehead atoms. The van der Waals surface area contributed by atoms with E-state index < -0.39 is 11.8 Å². The van der Waals surface area contributed by atoms with Gasteiger partial charge in [0.1, 0.15) is 5.82 Å². The molecule has 182 valence electrons. The SMILES string of the molecule is CCOc1cc(C=NNC(=O)CNc2cccc3ccccc23)ccc1OC(=O)c1ccc(F)cc1. The topological polar surface area (TPSA) is 89.0 Å². The normalized spacial score (nSPS) is 10.8. The van der Waals surface area contributed by atoms with Crippen LogP contribution in [-0.2, 0) is 4.79 Å². The third-order valence-electron chi connectivity index (χ3n) is 5.18. The Bertz CT molecular complexity index is 1400. The molecule has 4 rings (SSSR count). The lowest BCUT2D eigenvalue weighted by Crippen LogP contribution is -2.25. The molecule has 4 aromatic carbocycles. The summed E-state index contributed by atoms with van der Waals surface area (Å²) in [5.41, 5.74) is 4.18. The molecule has 4 aromatic rings. The second-order valence-corrected chi connectivity index (χ2v) is 7.71. The van der Waals surface area contributed by atoms with Crippen LogP contribution in [0.3, 0.4) is 0 Å². The third-order valence-corrected chi connectivity index (χ3v) is 5.18. The summed E-state index contributed by atoms with van der Waals surface area (Å²) in [5, 5.41) is 9.24. The molecule has 0 fully saturated rings. The summed E-state index contributed by atoms with van der Waals surface area (Å²) in [6, 6.07) is 23.7. The minimum atomic E-state index is -0.636. The molecule has 0 aliphatic rings. The maximum absolute atomic E-state index is 13.1. The van der Waals surface area contributed by atoms with Gasteiger partial charge in [-0.05, 0) is 66.4 Å². The summed E-state index contributed by atoms with van der Waals surface area (Å²) in [6.45, 7) is 2.20. The van der Waals surface area contributed by atoms with Crippen LogP contribution < -0.4 is 20.2 Å². The van der Waals surface area contributed by atoms with Gasteiger partial charge in [-0.2, -0.15) is 5.10 Å². The number of amides is 1. The van der Waals surface area contributed by atoms with E-state index in [-0.39, 0.29) is 23.8 Å². The number of halogens is 1. The van der Waals surface area contributed by atoms with Crippen molar-refractivity contribution in [2.75, 3.05) is 18.5 Å². The first-order valence-corrected chi connectivity index (χ1v) is 11.3. The molecule has 0 saturated carbocycles. The lowest BCUT2D eigenvalue weighted by atomic mass is 10.1. The average Bonchev–Trinajstić information content (AvgIpc) is 2.89. The number of carbonyl (C=O) groups is 2. The number of nitrogens with zero attached hydrogens (tertiary/aromatic N) is 1. The highest BCUT2D eigenvalue weighted by Gasteiger charge is 2.13. The molecule has 0 aliphatic carbocycles. The average molecular weight is 486 g/mol. The van der Waals surface area contributed by atoms with Gasteiger partial charge in [0.2, 0.25) is 0 Å². The van der Waals surface area contributed by atoms with E-state index in [1.807, 2.05) is 42.5 Å². The second kappa shape index (κ2) is 11.6. The summed E-state index contributed by atoms with van der Waals surface area (Å²) in [7, 11) is 0. The van der Waals surface area contributed by atoms with E-state index in [2.05, 4.69) is 15.8 Å². The van der Waals surface area contributed by atoms with E-state index in [1.165, 1.54) is 30.5 Å². The molecule has 0 radical (unpaired) electrons. The van der Waals surface area contributed by atoms with Crippen LogP contribution in [0.15, 0.2) is 90.0 Å². The third kappa shape index (κ3) is 6.24. The van der Waals surface area contributed by atoms with Crippen molar-refractivity contribution in [2.24, 2.45) is 5.10 Å². The first-order valence-electron chi connectivity index (χ1n) is 11.3. The van der Waals surface area contributed by atoms with Crippen LogP contribution in [0.4, 0.5) is 10.1 Å². The van der Waals surface area contributed by atoms with Crippen molar-refractivity contribution in [1.29, 1.82) is 0 Å². The van der Waals surface area contributed by atoms with E-state index >= 15 is 0 Å². The predicted molar refractivity (Wildman–Crippen MR) is 137 cm³/mol. The van der Waals surface area contributed by atoms with Gasteiger partial charge in [-0.15, -0.1) is 0 Å². The molecule has 0 aromatic heterocycles.